The maximum Gasteiger partial charge on any atom is 0.331 e. The van der Waals surface area contributed by atoms with Gasteiger partial charge in [-0.15, -0.1) is 6.58 Å². The van der Waals surface area contributed by atoms with Crippen molar-refractivity contribution in [1.82, 2.24) is 10.2 Å². The fourth-order valence-corrected chi connectivity index (χ4v) is 2.34. The number of ether oxygens (including phenoxy) is 1. The summed E-state index contributed by atoms with van der Waals surface area (Å²) in [5, 5.41) is 2.13. The molecule has 0 aliphatic carbocycles. The number of methoxy groups -OCH3 is 1. The van der Waals surface area contributed by atoms with Gasteiger partial charge in [0, 0.05) is 16.6 Å². The first-order valence-electron chi connectivity index (χ1n) is 6.31. The Morgan fingerprint density at radius 2 is 2.09 bits per heavy atom. The van der Waals surface area contributed by atoms with Gasteiger partial charge in [-0.2, -0.15) is 0 Å². The van der Waals surface area contributed by atoms with Crippen LogP contribution in [0.4, 0.5) is 4.79 Å². The Kier molecular flexibility index (Phi) is 4.77. The number of hydrogen-bond donors (Lipinski definition) is 1. The van der Waals surface area contributed by atoms with Gasteiger partial charge in [0.05, 0.1) is 7.11 Å². The summed E-state index contributed by atoms with van der Waals surface area (Å²) in [5.41, 5.74) is 0.404. The van der Waals surface area contributed by atoms with E-state index in [1.165, 1.54) is 19.3 Å². The lowest BCUT2D eigenvalue weighted by atomic mass is 10.1. The molecule has 0 radical (unpaired) electrons. The van der Waals surface area contributed by atoms with Crippen LogP contribution in [0.25, 0.3) is 6.08 Å². The van der Waals surface area contributed by atoms with Gasteiger partial charge < -0.3 is 4.74 Å². The van der Waals surface area contributed by atoms with Crippen molar-refractivity contribution in [2.75, 3.05) is 13.7 Å². The predicted octanol–water partition coefficient (Wildman–Crippen LogP) is 2.11. The standard InChI is InChI=1S/C15H13BrN2O4/c1-3-6-18-14(20)11(13(19)17-15(18)21)8-9-7-10(16)4-5-12(9)22-2/h3-5,7-8H,1,6H2,2H3,(H,17,19,21). The summed E-state index contributed by atoms with van der Waals surface area (Å²) in [5.74, 6) is -0.906. The van der Waals surface area contributed by atoms with E-state index < -0.39 is 17.8 Å². The quantitative estimate of drug-likeness (QED) is 0.504. The Bertz CT molecular complexity index is 697. The summed E-state index contributed by atoms with van der Waals surface area (Å²) in [6.07, 6.45) is 2.80. The fourth-order valence-electron chi connectivity index (χ4n) is 1.96. The van der Waals surface area contributed by atoms with Crippen molar-refractivity contribution in [3.63, 3.8) is 0 Å². The van der Waals surface area contributed by atoms with Crippen molar-refractivity contribution in [3.8, 4) is 5.75 Å². The number of carbonyl (C=O) groups is 3. The number of benzene rings is 1. The molecule has 1 aliphatic heterocycles. The van der Waals surface area contributed by atoms with E-state index in [0.29, 0.717) is 11.3 Å². The first-order valence-corrected chi connectivity index (χ1v) is 7.10. The number of nitrogens with one attached hydrogen (secondary N) is 1. The highest BCUT2D eigenvalue weighted by atomic mass is 79.9. The van der Waals surface area contributed by atoms with Crippen molar-refractivity contribution >= 4 is 39.9 Å². The zero-order chi connectivity index (χ0) is 16.3. The highest BCUT2D eigenvalue weighted by Crippen LogP contribution is 2.26. The third kappa shape index (κ3) is 3.09. The maximum absolute atomic E-state index is 12.3. The van der Waals surface area contributed by atoms with Crippen LogP contribution >= 0.6 is 15.9 Å². The number of barbiturate groups is 1. The van der Waals surface area contributed by atoms with Crippen LogP contribution in [0, 0.1) is 0 Å². The van der Waals surface area contributed by atoms with Gasteiger partial charge >= 0.3 is 6.03 Å². The maximum atomic E-state index is 12.3. The molecule has 0 atom stereocenters. The fraction of sp³-hybridized carbons (Fsp3) is 0.133. The van der Waals surface area contributed by atoms with Crippen molar-refractivity contribution in [2.24, 2.45) is 0 Å². The van der Waals surface area contributed by atoms with Crippen LogP contribution in [0.3, 0.4) is 0 Å². The van der Waals surface area contributed by atoms with Crippen LogP contribution in [-0.4, -0.2) is 36.4 Å². The minimum absolute atomic E-state index is 0.0188. The molecule has 2 rings (SSSR count). The largest absolute Gasteiger partial charge is 0.496 e. The van der Waals surface area contributed by atoms with Crippen LogP contribution in [-0.2, 0) is 9.59 Å². The second-order valence-electron chi connectivity index (χ2n) is 4.41. The van der Waals surface area contributed by atoms with Crippen LogP contribution in [0.5, 0.6) is 5.75 Å². The smallest absolute Gasteiger partial charge is 0.331 e. The zero-order valence-electron chi connectivity index (χ0n) is 11.8. The second kappa shape index (κ2) is 6.57. The summed E-state index contributed by atoms with van der Waals surface area (Å²) < 4.78 is 5.97. The van der Waals surface area contributed by atoms with Crippen LogP contribution < -0.4 is 10.1 Å². The van der Waals surface area contributed by atoms with Crippen molar-refractivity contribution in [3.05, 3.63) is 46.5 Å². The molecule has 6 nitrogen and oxygen atoms in total. The van der Waals surface area contributed by atoms with E-state index in [-0.39, 0.29) is 12.1 Å². The summed E-state index contributed by atoms with van der Waals surface area (Å²) in [6, 6.07) is 4.43. The van der Waals surface area contributed by atoms with Gasteiger partial charge in [-0.1, -0.05) is 22.0 Å². The Balaban J connectivity index is 2.47. The number of amides is 4. The molecule has 7 heteroatoms. The molecule has 114 valence electrons. The highest BCUT2D eigenvalue weighted by molar-refractivity contribution is 9.10. The van der Waals surface area contributed by atoms with Gasteiger partial charge in [-0.25, -0.2) is 4.79 Å². The van der Waals surface area contributed by atoms with E-state index in [0.717, 1.165) is 9.37 Å². The second-order valence-corrected chi connectivity index (χ2v) is 5.32. The Morgan fingerprint density at radius 1 is 1.36 bits per heavy atom. The molecule has 0 spiro atoms. The number of hydrogen-bond acceptors (Lipinski definition) is 4. The van der Waals surface area contributed by atoms with Crippen molar-refractivity contribution in [1.29, 1.82) is 0 Å². The minimum atomic E-state index is -0.756. The monoisotopic (exact) mass is 364 g/mol. The number of carbonyl (C=O) groups excluding carboxylic acids is 3. The molecule has 1 aliphatic rings. The predicted molar refractivity (Wildman–Crippen MR) is 84.1 cm³/mol. The van der Waals surface area contributed by atoms with Gasteiger partial charge in [-0.3, -0.25) is 19.8 Å². The molecule has 22 heavy (non-hydrogen) atoms. The van der Waals surface area contributed by atoms with Gasteiger partial charge in [0.15, 0.2) is 0 Å². The minimum Gasteiger partial charge on any atom is -0.496 e. The molecule has 1 heterocycles. The van der Waals surface area contributed by atoms with Crippen LogP contribution in [0.15, 0.2) is 40.9 Å². The van der Waals surface area contributed by atoms with Crippen molar-refractivity contribution < 1.29 is 19.1 Å². The van der Waals surface area contributed by atoms with E-state index in [1.807, 2.05) is 0 Å². The number of halogens is 1. The first-order chi connectivity index (χ1) is 10.5. The lowest BCUT2D eigenvalue weighted by molar-refractivity contribution is -0.129. The number of urea groups is 1. The third-order valence-electron chi connectivity index (χ3n) is 2.99. The summed E-state index contributed by atoms with van der Waals surface area (Å²) in [4.78, 5) is 36.8. The zero-order valence-corrected chi connectivity index (χ0v) is 13.3. The molecule has 1 fully saturated rings. The van der Waals surface area contributed by atoms with E-state index >= 15 is 0 Å². The normalized spacial score (nSPS) is 16.7. The van der Waals surface area contributed by atoms with E-state index in [2.05, 4.69) is 27.8 Å². The molecule has 0 bridgehead atoms. The molecule has 1 N–H and O–H groups in total. The first kappa shape index (κ1) is 16.0. The number of rotatable bonds is 4. The Hall–Kier alpha value is -2.41. The third-order valence-corrected chi connectivity index (χ3v) is 3.48. The SMILES string of the molecule is C=CCN1C(=O)NC(=O)C(=Cc2cc(Br)ccc2OC)C1=O. The van der Waals surface area contributed by atoms with Gasteiger partial charge in [-0.05, 0) is 24.3 Å². The molecule has 1 aromatic carbocycles. The molecule has 0 aromatic heterocycles. The average Bonchev–Trinajstić information content (AvgIpc) is 2.48. The van der Waals surface area contributed by atoms with Crippen LogP contribution in [0.2, 0.25) is 0 Å². The topological polar surface area (TPSA) is 75.7 Å². The van der Waals surface area contributed by atoms with Gasteiger partial charge in [0.25, 0.3) is 11.8 Å². The molecule has 0 unspecified atom stereocenters. The van der Waals surface area contributed by atoms with E-state index in [1.54, 1.807) is 18.2 Å². The average molecular weight is 365 g/mol. The van der Waals surface area contributed by atoms with E-state index in [4.69, 9.17) is 4.74 Å². The van der Waals surface area contributed by atoms with Gasteiger partial charge in [0.1, 0.15) is 11.3 Å². The van der Waals surface area contributed by atoms with E-state index in [9.17, 15) is 14.4 Å². The molecular formula is C15H13BrN2O4. The summed E-state index contributed by atoms with van der Waals surface area (Å²) in [6.45, 7) is 3.50. The molecule has 4 amide bonds. The molecule has 1 saturated heterocycles. The van der Waals surface area contributed by atoms with Crippen molar-refractivity contribution in [2.45, 2.75) is 0 Å². The Morgan fingerprint density at radius 3 is 2.73 bits per heavy atom. The van der Waals surface area contributed by atoms with Gasteiger partial charge in [0.2, 0.25) is 0 Å². The summed E-state index contributed by atoms with van der Waals surface area (Å²) in [7, 11) is 1.49. The lowest BCUT2D eigenvalue weighted by Gasteiger charge is -2.25. The molecule has 1 aromatic rings. The molecule has 0 saturated carbocycles. The number of imide groups is 2. The highest BCUT2D eigenvalue weighted by Gasteiger charge is 2.35. The number of nitrogens with zero attached hydrogens (tertiary/aromatic N) is 1. The Labute approximate surface area is 135 Å². The lowest BCUT2D eigenvalue weighted by Crippen LogP contribution is -2.54. The summed E-state index contributed by atoms with van der Waals surface area (Å²) >= 11 is 3.32. The molecular weight excluding hydrogens is 352 g/mol. The van der Waals surface area contributed by atoms with Crippen LogP contribution in [0.1, 0.15) is 5.56 Å².